The van der Waals surface area contributed by atoms with Crippen molar-refractivity contribution in [2.75, 3.05) is 0 Å². The van der Waals surface area contributed by atoms with E-state index in [0.717, 1.165) is 24.8 Å². The second-order valence-electron chi connectivity index (χ2n) is 9.39. The monoisotopic (exact) mass is 416 g/mol. The van der Waals surface area contributed by atoms with Gasteiger partial charge in [-0.25, -0.2) is 0 Å². The van der Waals surface area contributed by atoms with E-state index in [4.69, 9.17) is 0 Å². The molecule has 0 saturated heterocycles. The van der Waals surface area contributed by atoms with Crippen molar-refractivity contribution in [3.05, 3.63) is 96.6 Å². The first-order chi connectivity index (χ1) is 14.4. The molecule has 3 aromatic rings. The molecule has 0 radical (unpaired) electrons. The SMILES string of the molecule is CCCC[C@H]([C@@H](O)c1ccccc1)[Si](c1ccccc1)(c1ccccc1)C(C)(C)C. The zero-order valence-corrected chi connectivity index (χ0v) is 19.9. The number of rotatable bonds is 8. The van der Waals surface area contributed by atoms with Crippen LogP contribution < -0.4 is 10.4 Å². The molecule has 0 bridgehead atoms. The summed E-state index contributed by atoms with van der Waals surface area (Å²) >= 11 is 0. The van der Waals surface area contributed by atoms with Gasteiger partial charge in [0, 0.05) is 0 Å². The van der Waals surface area contributed by atoms with Gasteiger partial charge in [0.05, 0.1) is 6.10 Å². The number of unbranched alkanes of at least 4 members (excludes halogenated alkanes) is 1. The summed E-state index contributed by atoms with van der Waals surface area (Å²) in [6, 6.07) is 32.4. The van der Waals surface area contributed by atoms with Crippen LogP contribution in [0.15, 0.2) is 91.0 Å². The van der Waals surface area contributed by atoms with E-state index in [-0.39, 0.29) is 10.6 Å². The third-order valence-electron chi connectivity index (χ3n) is 6.59. The molecule has 30 heavy (non-hydrogen) atoms. The molecule has 0 amide bonds. The van der Waals surface area contributed by atoms with Crippen molar-refractivity contribution >= 4 is 18.4 Å². The summed E-state index contributed by atoms with van der Waals surface area (Å²) in [6.45, 7) is 9.40. The van der Waals surface area contributed by atoms with Crippen LogP contribution in [0.1, 0.15) is 58.6 Å². The molecule has 3 aromatic carbocycles. The van der Waals surface area contributed by atoms with Gasteiger partial charge in [-0.15, -0.1) is 0 Å². The quantitative estimate of drug-likeness (QED) is 0.425. The van der Waals surface area contributed by atoms with Crippen LogP contribution in [-0.2, 0) is 0 Å². The Morgan fingerprint density at radius 2 is 1.17 bits per heavy atom. The Hall–Kier alpha value is -2.16. The fourth-order valence-corrected chi connectivity index (χ4v) is 12.1. The maximum atomic E-state index is 11.9. The average Bonchev–Trinajstić information content (AvgIpc) is 2.77. The summed E-state index contributed by atoms with van der Waals surface area (Å²) in [5.74, 6) is 0. The lowest BCUT2D eigenvalue weighted by molar-refractivity contribution is 0.159. The molecule has 0 fully saturated rings. The van der Waals surface area contributed by atoms with E-state index in [0.29, 0.717) is 0 Å². The molecule has 1 N–H and O–H groups in total. The van der Waals surface area contributed by atoms with Crippen molar-refractivity contribution in [2.45, 2.75) is 63.6 Å². The maximum Gasteiger partial charge on any atom is 0.129 e. The molecule has 2 heteroatoms. The van der Waals surface area contributed by atoms with E-state index < -0.39 is 14.2 Å². The van der Waals surface area contributed by atoms with E-state index in [9.17, 15) is 5.11 Å². The predicted molar refractivity (Wildman–Crippen MR) is 132 cm³/mol. The molecule has 0 aliphatic rings. The molecule has 1 nitrogen and oxygen atoms in total. The molecule has 2 atom stereocenters. The van der Waals surface area contributed by atoms with Gasteiger partial charge in [0.2, 0.25) is 0 Å². The number of benzene rings is 3. The van der Waals surface area contributed by atoms with E-state index in [1.54, 1.807) is 0 Å². The third kappa shape index (κ3) is 4.31. The van der Waals surface area contributed by atoms with Gasteiger partial charge in [-0.2, -0.15) is 0 Å². The summed E-state index contributed by atoms with van der Waals surface area (Å²) in [5.41, 5.74) is 1.22. The summed E-state index contributed by atoms with van der Waals surface area (Å²) in [4.78, 5) is 0. The van der Waals surface area contributed by atoms with Crippen LogP contribution in [-0.4, -0.2) is 13.2 Å². The minimum atomic E-state index is -2.41. The van der Waals surface area contributed by atoms with Gasteiger partial charge in [0.25, 0.3) is 0 Å². The molecule has 3 rings (SSSR count). The first-order valence-corrected chi connectivity index (χ1v) is 13.3. The minimum Gasteiger partial charge on any atom is -0.388 e. The van der Waals surface area contributed by atoms with Gasteiger partial charge in [0.15, 0.2) is 0 Å². The lowest BCUT2D eigenvalue weighted by Gasteiger charge is -2.51. The highest BCUT2D eigenvalue weighted by Crippen LogP contribution is 2.50. The molecular formula is C28H36OSi. The van der Waals surface area contributed by atoms with E-state index in [1.165, 1.54) is 10.4 Å². The van der Waals surface area contributed by atoms with Crippen LogP contribution in [0, 0.1) is 0 Å². The van der Waals surface area contributed by atoms with Crippen molar-refractivity contribution in [3.63, 3.8) is 0 Å². The number of aliphatic hydroxyl groups is 1. The average molecular weight is 417 g/mol. The number of hydrogen-bond donors (Lipinski definition) is 1. The molecule has 0 aromatic heterocycles. The first-order valence-electron chi connectivity index (χ1n) is 11.3. The van der Waals surface area contributed by atoms with Crippen molar-refractivity contribution in [1.29, 1.82) is 0 Å². The van der Waals surface area contributed by atoms with Gasteiger partial charge in [-0.1, -0.05) is 142 Å². The highest BCUT2D eigenvalue weighted by molar-refractivity contribution is 7.05. The molecule has 0 aliphatic carbocycles. The molecular weight excluding hydrogens is 380 g/mol. The summed E-state index contributed by atoms with van der Waals surface area (Å²) < 4.78 is 0. The van der Waals surface area contributed by atoms with Gasteiger partial charge in [0.1, 0.15) is 8.07 Å². The fraction of sp³-hybridized carbons (Fsp3) is 0.357. The molecule has 0 unspecified atom stereocenters. The summed E-state index contributed by atoms with van der Waals surface area (Å²) in [6.07, 6.45) is 2.80. The number of hydrogen-bond acceptors (Lipinski definition) is 1. The predicted octanol–water partition coefficient (Wildman–Crippen LogP) is 6.34. The lowest BCUT2D eigenvalue weighted by atomic mass is 10.0. The second kappa shape index (κ2) is 9.76. The third-order valence-corrected chi connectivity index (χ3v) is 13.2. The van der Waals surface area contributed by atoms with Crippen LogP contribution in [0.4, 0.5) is 0 Å². The molecule has 0 aliphatic heterocycles. The van der Waals surface area contributed by atoms with Crippen molar-refractivity contribution in [1.82, 2.24) is 0 Å². The van der Waals surface area contributed by atoms with Gasteiger partial charge in [-0.3, -0.25) is 0 Å². The minimum absolute atomic E-state index is 0.0316. The van der Waals surface area contributed by atoms with Gasteiger partial charge < -0.3 is 5.11 Å². The Morgan fingerprint density at radius 3 is 1.57 bits per heavy atom. The molecule has 0 spiro atoms. The van der Waals surface area contributed by atoms with E-state index in [1.807, 2.05) is 18.2 Å². The van der Waals surface area contributed by atoms with E-state index >= 15 is 0 Å². The zero-order chi connectivity index (χ0) is 21.6. The fourth-order valence-electron chi connectivity index (χ4n) is 5.34. The summed E-state index contributed by atoms with van der Waals surface area (Å²) in [7, 11) is -2.41. The Balaban J connectivity index is 2.32. The second-order valence-corrected chi connectivity index (χ2v) is 14.4. The topological polar surface area (TPSA) is 20.2 Å². The van der Waals surface area contributed by atoms with Crippen LogP contribution in [0.2, 0.25) is 10.6 Å². The summed E-state index contributed by atoms with van der Waals surface area (Å²) in [5, 5.41) is 14.7. The van der Waals surface area contributed by atoms with Crippen molar-refractivity contribution < 1.29 is 5.11 Å². The normalized spacial score (nSPS) is 14.3. The Kier molecular flexibility index (Phi) is 7.33. The lowest BCUT2D eigenvalue weighted by Crippen LogP contribution is -2.68. The van der Waals surface area contributed by atoms with Crippen LogP contribution in [0.25, 0.3) is 0 Å². The van der Waals surface area contributed by atoms with Crippen molar-refractivity contribution in [3.8, 4) is 0 Å². The molecule has 158 valence electrons. The first kappa shape index (κ1) is 22.5. The standard InChI is InChI=1S/C28H36OSi/c1-5-6-22-26(27(29)23-16-10-7-11-17-23)30(28(2,3)4,24-18-12-8-13-19-24)25-20-14-9-15-21-25/h7-21,26-27,29H,5-6,22H2,1-4H3/t26-,27+/m1/s1. The highest BCUT2D eigenvalue weighted by Gasteiger charge is 2.54. The molecule has 0 saturated carbocycles. The van der Waals surface area contributed by atoms with Crippen LogP contribution in [0.3, 0.4) is 0 Å². The van der Waals surface area contributed by atoms with E-state index in [2.05, 4.69) is 100 Å². The van der Waals surface area contributed by atoms with Crippen molar-refractivity contribution in [2.24, 2.45) is 0 Å². The Labute approximate surface area is 183 Å². The number of aliphatic hydroxyl groups excluding tert-OH is 1. The maximum absolute atomic E-state index is 11.9. The van der Waals surface area contributed by atoms with Gasteiger partial charge in [-0.05, 0) is 22.6 Å². The van der Waals surface area contributed by atoms with Gasteiger partial charge >= 0.3 is 0 Å². The largest absolute Gasteiger partial charge is 0.388 e. The Morgan fingerprint density at radius 1 is 0.733 bits per heavy atom. The zero-order valence-electron chi connectivity index (χ0n) is 18.9. The smallest absolute Gasteiger partial charge is 0.129 e. The highest BCUT2D eigenvalue weighted by atomic mass is 28.3. The van der Waals surface area contributed by atoms with Crippen LogP contribution in [0.5, 0.6) is 0 Å². The Bertz CT molecular complexity index is 845. The van der Waals surface area contributed by atoms with Crippen LogP contribution >= 0.6 is 0 Å². The molecule has 0 heterocycles.